The van der Waals surface area contributed by atoms with E-state index in [4.69, 9.17) is 16.3 Å². The lowest BCUT2D eigenvalue weighted by Gasteiger charge is -2.18. The number of anilines is 2. The fraction of sp³-hybridized carbons (Fsp3) is 0.304. The zero-order valence-corrected chi connectivity index (χ0v) is 18.2. The fourth-order valence-corrected chi connectivity index (χ4v) is 3.67. The first-order valence-electron chi connectivity index (χ1n) is 10.5. The van der Waals surface area contributed by atoms with Gasteiger partial charge in [-0.25, -0.2) is 4.98 Å². The van der Waals surface area contributed by atoms with Crippen LogP contribution < -0.4 is 15.4 Å². The Labute approximate surface area is 191 Å². The predicted octanol–water partition coefficient (Wildman–Crippen LogP) is 4.13. The van der Waals surface area contributed by atoms with E-state index in [2.05, 4.69) is 31.9 Å². The second-order valence-electron chi connectivity index (χ2n) is 7.54. The number of carboxylic acid groups (broad SMARTS) is 1. The fourth-order valence-electron chi connectivity index (χ4n) is 3.54. The van der Waals surface area contributed by atoms with E-state index in [9.17, 15) is 9.90 Å². The van der Waals surface area contributed by atoms with Crippen LogP contribution in [0.5, 0.6) is 5.88 Å². The Balaban J connectivity index is 1.32. The lowest BCUT2D eigenvalue weighted by Crippen LogP contribution is -2.16. The Hall–Kier alpha value is -3.39. The summed E-state index contributed by atoms with van der Waals surface area (Å²) in [6.45, 7) is 1.39. The molecule has 1 aliphatic heterocycles. The van der Waals surface area contributed by atoms with Gasteiger partial charge in [-0.15, -0.1) is 10.2 Å². The molecular formula is C23H24ClN5O3. The number of hydrogen-bond acceptors (Lipinski definition) is 7. The molecule has 0 radical (unpaired) electrons. The molecule has 0 bridgehead atoms. The summed E-state index contributed by atoms with van der Waals surface area (Å²) in [5.41, 5.74) is 3.02. The molecule has 0 saturated heterocycles. The van der Waals surface area contributed by atoms with Crippen molar-refractivity contribution in [1.29, 1.82) is 0 Å². The van der Waals surface area contributed by atoms with Gasteiger partial charge in [0.05, 0.1) is 19.1 Å². The number of aromatic nitrogens is 3. The van der Waals surface area contributed by atoms with Crippen molar-refractivity contribution in [3.63, 3.8) is 0 Å². The number of nitrogens with one attached hydrogen (secondary N) is 2. The summed E-state index contributed by atoms with van der Waals surface area (Å²) in [6.07, 6.45) is 2.75. The molecule has 166 valence electrons. The van der Waals surface area contributed by atoms with Gasteiger partial charge in [-0.2, -0.15) is 0 Å². The van der Waals surface area contributed by atoms with Crippen molar-refractivity contribution in [2.75, 3.05) is 23.8 Å². The van der Waals surface area contributed by atoms with E-state index in [1.165, 1.54) is 5.56 Å². The average molecular weight is 454 g/mol. The van der Waals surface area contributed by atoms with Crippen LogP contribution in [0.4, 0.5) is 11.6 Å². The topological polar surface area (TPSA) is 109 Å². The SMILES string of the molecule is O=C(O)CC(Nc1ccc(OCCc2ccc3c(n2)NCCC3)nn1)c1ccc(Cl)cc1. The maximum Gasteiger partial charge on any atom is 0.305 e. The molecule has 9 heteroatoms. The quantitative estimate of drug-likeness (QED) is 0.443. The third-order valence-electron chi connectivity index (χ3n) is 5.17. The molecule has 3 heterocycles. The molecule has 0 saturated carbocycles. The van der Waals surface area contributed by atoms with E-state index >= 15 is 0 Å². The van der Waals surface area contributed by atoms with Gasteiger partial charge in [0.1, 0.15) is 11.6 Å². The number of carboxylic acids is 1. The summed E-state index contributed by atoms with van der Waals surface area (Å²) in [4.78, 5) is 15.9. The molecule has 1 aromatic carbocycles. The number of rotatable bonds is 9. The molecular weight excluding hydrogens is 430 g/mol. The molecule has 1 unspecified atom stereocenters. The highest BCUT2D eigenvalue weighted by Crippen LogP contribution is 2.24. The number of benzene rings is 1. The molecule has 32 heavy (non-hydrogen) atoms. The van der Waals surface area contributed by atoms with Crippen LogP contribution in [0.2, 0.25) is 5.02 Å². The first-order valence-corrected chi connectivity index (χ1v) is 10.9. The van der Waals surface area contributed by atoms with Gasteiger partial charge in [-0.1, -0.05) is 29.8 Å². The summed E-state index contributed by atoms with van der Waals surface area (Å²) in [5.74, 6) is 0.908. The van der Waals surface area contributed by atoms with Crippen LogP contribution >= 0.6 is 11.6 Å². The summed E-state index contributed by atoms with van der Waals surface area (Å²) in [6, 6.07) is 14.1. The number of hydrogen-bond donors (Lipinski definition) is 3. The van der Waals surface area contributed by atoms with E-state index in [1.54, 1.807) is 36.4 Å². The molecule has 0 amide bonds. The van der Waals surface area contributed by atoms with Gasteiger partial charge in [0.25, 0.3) is 0 Å². The first-order chi connectivity index (χ1) is 15.6. The van der Waals surface area contributed by atoms with Gasteiger partial charge in [-0.05, 0) is 48.2 Å². The molecule has 3 N–H and O–H groups in total. The maximum absolute atomic E-state index is 11.3. The number of carbonyl (C=O) groups is 1. The lowest BCUT2D eigenvalue weighted by molar-refractivity contribution is -0.137. The van der Waals surface area contributed by atoms with E-state index < -0.39 is 12.0 Å². The number of aryl methyl sites for hydroxylation is 1. The van der Waals surface area contributed by atoms with Crippen LogP contribution in [-0.4, -0.2) is 39.4 Å². The van der Waals surface area contributed by atoms with Gasteiger partial charge in [-0.3, -0.25) is 4.79 Å². The molecule has 0 spiro atoms. The zero-order valence-electron chi connectivity index (χ0n) is 17.4. The number of halogens is 1. The third-order valence-corrected chi connectivity index (χ3v) is 5.43. The minimum absolute atomic E-state index is 0.107. The number of fused-ring (bicyclic) bond motifs is 1. The highest BCUT2D eigenvalue weighted by molar-refractivity contribution is 6.30. The minimum Gasteiger partial charge on any atom is -0.481 e. The maximum atomic E-state index is 11.3. The van der Waals surface area contributed by atoms with Gasteiger partial charge in [0.15, 0.2) is 0 Å². The highest BCUT2D eigenvalue weighted by atomic mass is 35.5. The summed E-state index contributed by atoms with van der Waals surface area (Å²) in [7, 11) is 0. The van der Waals surface area contributed by atoms with Gasteiger partial charge in [0.2, 0.25) is 5.88 Å². The summed E-state index contributed by atoms with van der Waals surface area (Å²) in [5, 5.41) is 24.5. The Kier molecular flexibility index (Phi) is 7.01. The van der Waals surface area contributed by atoms with Crippen LogP contribution in [0, 0.1) is 0 Å². The van der Waals surface area contributed by atoms with Crippen molar-refractivity contribution >= 4 is 29.2 Å². The van der Waals surface area contributed by atoms with E-state index in [0.29, 0.717) is 29.7 Å². The Morgan fingerprint density at radius 1 is 1.16 bits per heavy atom. The smallest absolute Gasteiger partial charge is 0.305 e. The number of aliphatic carboxylic acids is 1. The molecule has 0 aliphatic carbocycles. The van der Waals surface area contributed by atoms with Crippen LogP contribution in [0.1, 0.15) is 35.7 Å². The van der Waals surface area contributed by atoms with Crippen molar-refractivity contribution in [1.82, 2.24) is 15.2 Å². The van der Waals surface area contributed by atoms with Crippen molar-refractivity contribution in [2.45, 2.75) is 31.7 Å². The molecule has 8 nitrogen and oxygen atoms in total. The molecule has 2 aromatic heterocycles. The van der Waals surface area contributed by atoms with Gasteiger partial charge < -0.3 is 20.5 Å². The van der Waals surface area contributed by atoms with Crippen molar-refractivity contribution in [3.05, 3.63) is 70.4 Å². The molecule has 0 fully saturated rings. The Morgan fingerprint density at radius 3 is 2.75 bits per heavy atom. The molecule has 3 aromatic rings. The highest BCUT2D eigenvalue weighted by Gasteiger charge is 2.16. The first kappa shape index (κ1) is 21.8. The second kappa shape index (κ2) is 10.3. The third kappa shape index (κ3) is 5.85. The van der Waals surface area contributed by atoms with Crippen LogP contribution in [-0.2, 0) is 17.6 Å². The predicted molar refractivity (Wildman–Crippen MR) is 122 cm³/mol. The van der Waals surface area contributed by atoms with Crippen molar-refractivity contribution < 1.29 is 14.6 Å². The van der Waals surface area contributed by atoms with E-state index in [1.807, 2.05) is 6.07 Å². The van der Waals surface area contributed by atoms with Crippen LogP contribution in [0.25, 0.3) is 0 Å². The van der Waals surface area contributed by atoms with Crippen molar-refractivity contribution in [3.8, 4) is 5.88 Å². The van der Waals surface area contributed by atoms with Gasteiger partial charge in [0, 0.05) is 29.7 Å². The van der Waals surface area contributed by atoms with Crippen LogP contribution in [0.3, 0.4) is 0 Å². The largest absolute Gasteiger partial charge is 0.481 e. The standard InChI is InChI=1S/C23H24ClN5O3/c24-17-6-3-15(4-7-17)19(14-22(30)31)27-20-9-10-21(29-28-20)32-13-11-18-8-5-16-2-1-12-25-23(16)26-18/h3-10,19H,1-2,11-14H2,(H,25,26)(H,27,28)(H,30,31). The van der Waals surface area contributed by atoms with Crippen LogP contribution in [0.15, 0.2) is 48.5 Å². The Bertz CT molecular complexity index is 1060. The number of pyridine rings is 1. The lowest BCUT2D eigenvalue weighted by atomic mass is 10.0. The summed E-state index contributed by atoms with van der Waals surface area (Å²) < 4.78 is 5.71. The molecule has 1 atom stereocenters. The van der Waals surface area contributed by atoms with Gasteiger partial charge >= 0.3 is 5.97 Å². The Morgan fingerprint density at radius 2 is 2.00 bits per heavy atom. The molecule has 4 rings (SSSR count). The number of nitrogens with zero attached hydrogens (tertiary/aromatic N) is 3. The average Bonchev–Trinajstić information content (AvgIpc) is 2.80. The zero-order chi connectivity index (χ0) is 22.3. The second-order valence-corrected chi connectivity index (χ2v) is 7.98. The van der Waals surface area contributed by atoms with E-state index in [0.717, 1.165) is 36.5 Å². The molecule has 1 aliphatic rings. The summed E-state index contributed by atoms with van der Waals surface area (Å²) >= 11 is 5.93. The van der Waals surface area contributed by atoms with Crippen molar-refractivity contribution in [2.24, 2.45) is 0 Å². The monoisotopic (exact) mass is 453 g/mol. The minimum atomic E-state index is -0.920. The van der Waals surface area contributed by atoms with E-state index in [-0.39, 0.29) is 6.42 Å². The normalized spacial score (nSPS) is 13.5. The number of ether oxygens (including phenoxy) is 1.